The van der Waals surface area contributed by atoms with E-state index in [0.717, 1.165) is 0 Å². The summed E-state index contributed by atoms with van der Waals surface area (Å²) in [5, 5.41) is 20.9. The SMILES string of the molecule is CC1CS[C@@H]2[C@H](NC(=O)[C@H](N)c3ccc(O)cc3)C(=O)N2C1C(=O)O. The molecule has 9 heteroatoms. The molecule has 1 aromatic rings. The van der Waals surface area contributed by atoms with E-state index in [-0.39, 0.29) is 17.0 Å². The van der Waals surface area contributed by atoms with Crippen LogP contribution in [0.1, 0.15) is 18.5 Å². The van der Waals surface area contributed by atoms with E-state index in [9.17, 15) is 24.6 Å². The van der Waals surface area contributed by atoms with Gasteiger partial charge in [0.15, 0.2) is 0 Å². The molecule has 2 aliphatic heterocycles. The Morgan fingerprint density at radius 1 is 1.36 bits per heavy atom. The average Bonchev–Trinajstić information content (AvgIpc) is 2.58. The van der Waals surface area contributed by atoms with E-state index >= 15 is 0 Å². The Balaban J connectivity index is 1.68. The number of phenols is 1. The highest BCUT2D eigenvalue weighted by Crippen LogP contribution is 2.40. The number of nitrogens with two attached hydrogens (primary N) is 1. The lowest BCUT2D eigenvalue weighted by Gasteiger charge is -2.53. The third kappa shape index (κ3) is 3.05. The van der Waals surface area contributed by atoms with Crippen molar-refractivity contribution in [3.8, 4) is 5.75 Å². The standard InChI is InChI=1S/C16H19N3O5S/c1-7-6-25-15-11(14(22)19(15)12(7)16(23)24)18-13(21)10(17)8-2-4-9(20)5-3-8/h2-5,7,10-12,15,20H,6,17H2,1H3,(H,18,21)(H,23,24)/t7?,10-,11-,12?,15-/m1/s1. The molecule has 0 spiro atoms. The van der Waals surface area contributed by atoms with Crippen molar-refractivity contribution in [3.63, 3.8) is 0 Å². The molecule has 0 saturated carbocycles. The number of hydrogen-bond donors (Lipinski definition) is 4. The minimum atomic E-state index is -1.03. The van der Waals surface area contributed by atoms with E-state index < -0.39 is 35.9 Å². The zero-order valence-electron chi connectivity index (χ0n) is 13.5. The number of β-lactam (4-membered cyclic amide) rings is 1. The van der Waals surface area contributed by atoms with Gasteiger partial charge in [-0.3, -0.25) is 9.59 Å². The first kappa shape index (κ1) is 17.6. The lowest BCUT2D eigenvalue weighted by Crippen LogP contribution is -2.75. The highest BCUT2D eigenvalue weighted by atomic mass is 32.2. The number of rotatable bonds is 4. The lowest BCUT2D eigenvalue weighted by molar-refractivity contribution is -0.164. The van der Waals surface area contributed by atoms with E-state index in [2.05, 4.69) is 5.32 Å². The molecule has 3 rings (SSSR count). The highest BCUT2D eigenvalue weighted by molar-refractivity contribution is 8.00. The summed E-state index contributed by atoms with van der Waals surface area (Å²) in [7, 11) is 0. The van der Waals surface area contributed by atoms with Gasteiger partial charge in [-0.25, -0.2) is 4.79 Å². The number of phenolic OH excluding ortho intramolecular Hbond substituents is 1. The Morgan fingerprint density at radius 2 is 2.00 bits per heavy atom. The van der Waals surface area contributed by atoms with Crippen LogP contribution in [0.3, 0.4) is 0 Å². The van der Waals surface area contributed by atoms with Crippen LogP contribution in [-0.4, -0.2) is 56.1 Å². The number of fused-ring (bicyclic) bond motifs is 1. The van der Waals surface area contributed by atoms with Crippen molar-refractivity contribution in [1.29, 1.82) is 0 Å². The molecule has 0 radical (unpaired) electrons. The van der Waals surface area contributed by atoms with Crippen LogP contribution in [-0.2, 0) is 14.4 Å². The van der Waals surface area contributed by atoms with Crippen molar-refractivity contribution in [2.45, 2.75) is 30.4 Å². The van der Waals surface area contributed by atoms with Crippen LogP contribution in [0.2, 0.25) is 0 Å². The van der Waals surface area contributed by atoms with Gasteiger partial charge in [-0.1, -0.05) is 19.1 Å². The van der Waals surface area contributed by atoms with Gasteiger partial charge in [-0.05, 0) is 23.6 Å². The molecule has 25 heavy (non-hydrogen) atoms. The molecule has 5 N–H and O–H groups in total. The quantitative estimate of drug-likeness (QED) is 0.547. The van der Waals surface area contributed by atoms with E-state index in [4.69, 9.17) is 5.73 Å². The molecule has 2 heterocycles. The molecule has 134 valence electrons. The maximum atomic E-state index is 12.4. The Hall–Kier alpha value is -2.26. The number of nitrogens with zero attached hydrogens (tertiary/aromatic N) is 1. The van der Waals surface area contributed by atoms with Gasteiger partial charge in [0.1, 0.15) is 29.2 Å². The van der Waals surface area contributed by atoms with Crippen molar-refractivity contribution >= 4 is 29.5 Å². The predicted molar refractivity (Wildman–Crippen MR) is 90.6 cm³/mol. The number of amides is 2. The second-order valence-electron chi connectivity index (χ2n) is 6.29. The van der Waals surface area contributed by atoms with Crippen LogP contribution in [0.25, 0.3) is 0 Å². The van der Waals surface area contributed by atoms with Gasteiger partial charge in [0.05, 0.1) is 0 Å². The number of carbonyl (C=O) groups is 3. The number of aliphatic carboxylic acids is 1. The number of hydrogen-bond acceptors (Lipinski definition) is 6. The molecule has 2 saturated heterocycles. The van der Waals surface area contributed by atoms with Crippen LogP contribution in [0.5, 0.6) is 5.75 Å². The van der Waals surface area contributed by atoms with Crippen LogP contribution in [0.4, 0.5) is 0 Å². The normalized spacial score (nSPS) is 29.4. The molecule has 1 aromatic carbocycles. The summed E-state index contributed by atoms with van der Waals surface area (Å²) in [5.41, 5.74) is 6.41. The van der Waals surface area contributed by atoms with Gasteiger partial charge < -0.3 is 26.2 Å². The first-order chi connectivity index (χ1) is 11.8. The number of carbonyl (C=O) groups excluding carboxylic acids is 2. The Kier molecular flexibility index (Phi) is 4.61. The topological polar surface area (TPSA) is 133 Å². The minimum absolute atomic E-state index is 0.0635. The molecule has 2 aliphatic rings. The van der Waals surface area contributed by atoms with Crippen LogP contribution in [0, 0.1) is 5.92 Å². The lowest BCUT2D eigenvalue weighted by atomic mass is 9.94. The smallest absolute Gasteiger partial charge is 0.326 e. The molecule has 2 amide bonds. The molecule has 2 fully saturated rings. The Bertz CT molecular complexity index is 710. The maximum Gasteiger partial charge on any atom is 0.326 e. The zero-order valence-corrected chi connectivity index (χ0v) is 14.3. The van der Waals surface area contributed by atoms with Gasteiger partial charge in [-0.15, -0.1) is 11.8 Å². The number of thioether (sulfide) groups is 1. The summed E-state index contributed by atoms with van der Waals surface area (Å²) >= 11 is 1.46. The van der Waals surface area contributed by atoms with E-state index in [0.29, 0.717) is 11.3 Å². The van der Waals surface area contributed by atoms with Crippen molar-refractivity contribution < 1.29 is 24.6 Å². The van der Waals surface area contributed by atoms with Gasteiger partial charge in [0.2, 0.25) is 11.8 Å². The summed E-state index contributed by atoms with van der Waals surface area (Å²) in [6.07, 6.45) is 0. The first-order valence-corrected chi connectivity index (χ1v) is 8.87. The van der Waals surface area contributed by atoms with Crippen molar-refractivity contribution in [2.75, 3.05) is 5.75 Å². The molecule has 8 nitrogen and oxygen atoms in total. The maximum absolute atomic E-state index is 12.4. The zero-order chi connectivity index (χ0) is 18.3. The second-order valence-corrected chi connectivity index (χ2v) is 7.43. The molecular weight excluding hydrogens is 346 g/mol. The summed E-state index contributed by atoms with van der Waals surface area (Å²) in [4.78, 5) is 37.4. The molecule has 2 unspecified atom stereocenters. The summed E-state index contributed by atoms with van der Waals surface area (Å²) < 4.78 is 0. The second kappa shape index (κ2) is 6.57. The fraction of sp³-hybridized carbons (Fsp3) is 0.438. The van der Waals surface area contributed by atoms with Gasteiger partial charge in [-0.2, -0.15) is 0 Å². The molecule has 5 atom stereocenters. The molecule has 0 aliphatic carbocycles. The third-order valence-corrected chi connectivity index (χ3v) is 6.09. The van der Waals surface area contributed by atoms with Crippen LogP contribution < -0.4 is 11.1 Å². The van der Waals surface area contributed by atoms with E-state index in [1.165, 1.54) is 40.9 Å². The Labute approximate surface area is 148 Å². The Morgan fingerprint density at radius 3 is 2.60 bits per heavy atom. The van der Waals surface area contributed by atoms with E-state index in [1.54, 1.807) is 6.92 Å². The molecule has 0 aromatic heterocycles. The van der Waals surface area contributed by atoms with Crippen LogP contribution in [0.15, 0.2) is 24.3 Å². The molecular formula is C16H19N3O5S. The van der Waals surface area contributed by atoms with Crippen molar-refractivity contribution in [3.05, 3.63) is 29.8 Å². The number of nitrogens with one attached hydrogen (secondary N) is 1. The number of aromatic hydroxyl groups is 1. The van der Waals surface area contributed by atoms with Gasteiger partial charge >= 0.3 is 5.97 Å². The third-order valence-electron chi connectivity index (χ3n) is 4.53. The number of benzene rings is 1. The predicted octanol–water partition coefficient (Wildman–Crippen LogP) is -0.119. The van der Waals surface area contributed by atoms with E-state index in [1.807, 2.05) is 0 Å². The highest BCUT2D eigenvalue weighted by Gasteiger charge is 2.57. The molecule has 0 bridgehead atoms. The summed E-state index contributed by atoms with van der Waals surface area (Å²) in [5.74, 6) is -1.44. The number of carboxylic acids is 1. The minimum Gasteiger partial charge on any atom is -0.508 e. The van der Waals surface area contributed by atoms with Gasteiger partial charge in [0.25, 0.3) is 0 Å². The average molecular weight is 365 g/mol. The van der Waals surface area contributed by atoms with Crippen LogP contribution >= 0.6 is 11.8 Å². The largest absolute Gasteiger partial charge is 0.508 e. The summed E-state index contributed by atoms with van der Waals surface area (Å²) in [6, 6.07) is 3.30. The first-order valence-electron chi connectivity index (χ1n) is 7.82. The fourth-order valence-corrected chi connectivity index (χ4v) is 4.60. The number of carboxylic acid groups (broad SMARTS) is 1. The monoisotopic (exact) mass is 365 g/mol. The van der Waals surface area contributed by atoms with Gasteiger partial charge in [0, 0.05) is 5.75 Å². The van der Waals surface area contributed by atoms with Crippen molar-refractivity contribution in [2.24, 2.45) is 11.7 Å². The fourth-order valence-electron chi connectivity index (χ4n) is 3.15. The van der Waals surface area contributed by atoms with Crippen molar-refractivity contribution in [1.82, 2.24) is 10.2 Å². The summed E-state index contributed by atoms with van der Waals surface area (Å²) in [6.45, 7) is 1.79.